The third kappa shape index (κ3) is 2.17. The lowest BCUT2D eigenvalue weighted by molar-refractivity contribution is 0.318. The molecule has 0 bridgehead atoms. The summed E-state index contributed by atoms with van der Waals surface area (Å²) in [6, 6.07) is 7.38. The first-order valence-electron chi connectivity index (χ1n) is 4.70. The van der Waals surface area contributed by atoms with Gasteiger partial charge in [0.2, 0.25) is 0 Å². The number of rotatable bonds is 3. The second-order valence-corrected chi connectivity index (χ2v) is 3.28. The lowest BCUT2D eigenvalue weighted by Gasteiger charge is -2.02. The van der Waals surface area contributed by atoms with E-state index in [1.807, 2.05) is 12.1 Å². The molecule has 0 aliphatic heterocycles. The highest BCUT2D eigenvalue weighted by Gasteiger charge is 2.00. The number of oxime groups is 1. The highest BCUT2D eigenvalue weighted by Crippen LogP contribution is 2.05. The Labute approximate surface area is 92.0 Å². The van der Waals surface area contributed by atoms with Crippen LogP contribution in [0, 0.1) is 0 Å². The van der Waals surface area contributed by atoms with E-state index >= 15 is 0 Å². The van der Waals surface area contributed by atoms with Gasteiger partial charge in [0.05, 0.1) is 12.7 Å². The molecule has 0 fully saturated rings. The van der Waals surface area contributed by atoms with Gasteiger partial charge >= 0.3 is 0 Å². The molecule has 2 rings (SSSR count). The van der Waals surface area contributed by atoms with E-state index in [1.165, 1.54) is 0 Å². The van der Waals surface area contributed by atoms with Crippen molar-refractivity contribution >= 4 is 5.84 Å². The van der Waals surface area contributed by atoms with E-state index in [4.69, 9.17) is 10.9 Å². The molecule has 6 nitrogen and oxygen atoms in total. The Morgan fingerprint density at radius 2 is 2.12 bits per heavy atom. The highest BCUT2D eigenvalue weighted by molar-refractivity contribution is 5.96. The minimum absolute atomic E-state index is 0.104. The van der Waals surface area contributed by atoms with Crippen LogP contribution in [0.5, 0.6) is 0 Å². The molecule has 0 radical (unpaired) electrons. The van der Waals surface area contributed by atoms with Crippen LogP contribution in [-0.4, -0.2) is 26.0 Å². The maximum Gasteiger partial charge on any atom is 0.170 e. The van der Waals surface area contributed by atoms with E-state index < -0.39 is 0 Å². The predicted molar refractivity (Wildman–Crippen MR) is 58.1 cm³/mol. The van der Waals surface area contributed by atoms with E-state index in [1.54, 1.807) is 29.2 Å². The van der Waals surface area contributed by atoms with Crippen LogP contribution < -0.4 is 5.73 Å². The van der Waals surface area contributed by atoms with Gasteiger partial charge in [-0.2, -0.15) is 0 Å². The summed E-state index contributed by atoms with van der Waals surface area (Å²) in [6.07, 6.45) is 3.42. The molecule has 3 N–H and O–H groups in total. The van der Waals surface area contributed by atoms with Crippen molar-refractivity contribution in [2.45, 2.75) is 6.54 Å². The summed E-state index contributed by atoms with van der Waals surface area (Å²) in [5.41, 5.74) is 7.21. The SMILES string of the molecule is NC(=NO)c1ccc(Cn2ccnn2)cc1. The minimum atomic E-state index is 0.104. The summed E-state index contributed by atoms with van der Waals surface area (Å²) in [6.45, 7) is 0.649. The minimum Gasteiger partial charge on any atom is -0.409 e. The number of nitrogens with two attached hydrogens (primary N) is 1. The van der Waals surface area contributed by atoms with Crippen molar-refractivity contribution in [3.05, 3.63) is 47.8 Å². The van der Waals surface area contributed by atoms with E-state index in [9.17, 15) is 0 Å². The Bertz CT molecular complexity index is 474. The zero-order valence-electron chi connectivity index (χ0n) is 8.48. The van der Waals surface area contributed by atoms with Gasteiger partial charge < -0.3 is 10.9 Å². The van der Waals surface area contributed by atoms with Crippen molar-refractivity contribution in [3.63, 3.8) is 0 Å². The molecule has 0 saturated carbocycles. The Morgan fingerprint density at radius 1 is 1.38 bits per heavy atom. The van der Waals surface area contributed by atoms with E-state index in [0.717, 1.165) is 5.56 Å². The topological polar surface area (TPSA) is 89.3 Å². The zero-order valence-corrected chi connectivity index (χ0v) is 8.48. The number of nitrogens with zero attached hydrogens (tertiary/aromatic N) is 4. The van der Waals surface area contributed by atoms with Gasteiger partial charge in [-0.25, -0.2) is 4.68 Å². The zero-order chi connectivity index (χ0) is 11.4. The van der Waals surface area contributed by atoms with Crippen LogP contribution in [0.15, 0.2) is 41.8 Å². The molecule has 0 aliphatic rings. The molecular weight excluding hydrogens is 206 g/mol. The normalized spacial score (nSPS) is 11.6. The molecule has 6 heteroatoms. The Morgan fingerprint density at radius 3 is 2.69 bits per heavy atom. The second-order valence-electron chi connectivity index (χ2n) is 3.28. The number of hydrogen-bond acceptors (Lipinski definition) is 4. The van der Waals surface area contributed by atoms with E-state index in [-0.39, 0.29) is 5.84 Å². The van der Waals surface area contributed by atoms with Gasteiger partial charge in [0, 0.05) is 11.8 Å². The van der Waals surface area contributed by atoms with Crippen LogP contribution in [0.2, 0.25) is 0 Å². The lowest BCUT2D eigenvalue weighted by atomic mass is 10.1. The first-order chi connectivity index (χ1) is 7.79. The Hall–Kier alpha value is -2.37. The Balaban J connectivity index is 2.14. The van der Waals surface area contributed by atoms with Crippen molar-refractivity contribution in [2.24, 2.45) is 10.9 Å². The summed E-state index contributed by atoms with van der Waals surface area (Å²) >= 11 is 0. The maximum absolute atomic E-state index is 8.51. The van der Waals surface area contributed by atoms with Gasteiger partial charge in [-0.1, -0.05) is 34.6 Å². The van der Waals surface area contributed by atoms with Gasteiger partial charge in [0.25, 0.3) is 0 Å². The molecule has 1 aromatic heterocycles. The first-order valence-corrected chi connectivity index (χ1v) is 4.70. The van der Waals surface area contributed by atoms with Crippen molar-refractivity contribution in [3.8, 4) is 0 Å². The molecule has 0 aliphatic carbocycles. The summed E-state index contributed by atoms with van der Waals surface area (Å²) in [5, 5.41) is 19.0. The second kappa shape index (κ2) is 4.43. The van der Waals surface area contributed by atoms with Crippen LogP contribution in [0.1, 0.15) is 11.1 Å². The standard InChI is InChI=1S/C10H11N5O/c11-10(13-16)9-3-1-8(2-4-9)7-15-6-5-12-14-15/h1-6,16H,7H2,(H2,11,13). The van der Waals surface area contributed by atoms with Gasteiger partial charge in [0.1, 0.15) is 0 Å². The number of amidine groups is 1. The van der Waals surface area contributed by atoms with Crippen LogP contribution in [-0.2, 0) is 6.54 Å². The van der Waals surface area contributed by atoms with E-state index in [0.29, 0.717) is 12.1 Å². The first kappa shape index (κ1) is 10.2. The molecule has 0 amide bonds. The maximum atomic E-state index is 8.51. The van der Waals surface area contributed by atoms with Crippen molar-refractivity contribution in [2.75, 3.05) is 0 Å². The van der Waals surface area contributed by atoms with Gasteiger partial charge in [-0.05, 0) is 5.56 Å². The van der Waals surface area contributed by atoms with Crippen LogP contribution >= 0.6 is 0 Å². The largest absolute Gasteiger partial charge is 0.409 e. The van der Waals surface area contributed by atoms with Crippen molar-refractivity contribution in [1.82, 2.24) is 15.0 Å². The molecule has 1 heterocycles. The molecule has 2 aromatic rings. The van der Waals surface area contributed by atoms with Crippen molar-refractivity contribution in [1.29, 1.82) is 0 Å². The Kier molecular flexibility index (Phi) is 2.81. The lowest BCUT2D eigenvalue weighted by Crippen LogP contribution is -2.13. The van der Waals surface area contributed by atoms with Gasteiger partial charge in [0.15, 0.2) is 5.84 Å². The average Bonchev–Trinajstić information content (AvgIpc) is 2.82. The van der Waals surface area contributed by atoms with E-state index in [2.05, 4.69) is 15.5 Å². The van der Waals surface area contributed by atoms with Crippen LogP contribution in [0.3, 0.4) is 0 Å². The molecule has 82 valence electrons. The summed E-state index contributed by atoms with van der Waals surface area (Å²) < 4.78 is 1.72. The molecule has 1 aromatic carbocycles. The van der Waals surface area contributed by atoms with Crippen molar-refractivity contribution < 1.29 is 5.21 Å². The fraction of sp³-hybridized carbons (Fsp3) is 0.100. The monoisotopic (exact) mass is 217 g/mol. The average molecular weight is 217 g/mol. The third-order valence-electron chi connectivity index (χ3n) is 2.17. The quantitative estimate of drug-likeness (QED) is 0.337. The molecular formula is C10H11N5O. The molecule has 0 unspecified atom stereocenters. The predicted octanol–water partition coefficient (Wildman–Crippen LogP) is 0.421. The van der Waals surface area contributed by atoms with Crippen LogP contribution in [0.25, 0.3) is 0 Å². The fourth-order valence-corrected chi connectivity index (χ4v) is 1.34. The molecule has 0 saturated heterocycles. The summed E-state index contributed by atoms with van der Waals surface area (Å²) in [7, 11) is 0. The number of benzene rings is 1. The molecule has 0 atom stereocenters. The van der Waals surface area contributed by atoms with Gasteiger partial charge in [-0.15, -0.1) is 5.10 Å². The smallest absolute Gasteiger partial charge is 0.170 e. The van der Waals surface area contributed by atoms with Crippen LogP contribution in [0.4, 0.5) is 0 Å². The molecule has 16 heavy (non-hydrogen) atoms. The fourth-order valence-electron chi connectivity index (χ4n) is 1.34. The number of hydrogen-bond donors (Lipinski definition) is 2. The third-order valence-corrected chi connectivity index (χ3v) is 2.17. The molecule has 0 spiro atoms. The number of aromatic nitrogens is 3. The summed E-state index contributed by atoms with van der Waals surface area (Å²) in [5.74, 6) is 0.104. The highest BCUT2D eigenvalue weighted by atomic mass is 16.4. The summed E-state index contributed by atoms with van der Waals surface area (Å²) in [4.78, 5) is 0. The van der Waals surface area contributed by atoms with Gasteiger partial charge in [-0.3, -0.25) is 0 Å².